The second-order valence-electron chi connectivity index (χ2n) is 4.27. The third-order valence-corrected chi connectivity index (χ3v) is 3.77. The van der Waals surface area contributed by atoms with Crippen LogP contribution in [0.1, 0.15) is 12.0 Å². The van der Waals surface area contributed by atoms with Gasteiger partial charge in [0.25, 0.3) is 0 Å². The number of nitriles is 1. The SMILES string of the molecule is N#Cc1ccc(NC(=O)CCSc2ccccc2F)cc1. The molecule has 0 aliphatic heterocycles. The van der Waals surface area contributed by atoms with Crippen molar-refractivity contribution in [3.05, 3.63) is 59.9 Å². The van der Waals surface area contributed by atoms with Gasteiger partial charge < -0.3 is 5.32 Å². The van der Waals surface area contributed by atoms with Gasteiger partial charge in [0.1, 0.15) is 5.82 Å². The molecular weight excluding hydrogens is 287 g/mol. The predicted molar refractivity (Wildman–Crippen MR) is 81.5 cm³/mol. The molecule has 0 aliphatic carbocycles. The topological polar surface area (TPSA) is 52.9 Å². The van der Waals surface area contributed by atoms with Crippen LogP contribution in [0, 0.1) is 17.1 Å². The minimum Gasteiger partial charge on any atom is -0.326 e. The first-order valence-corrected chi connectivity index (χ1v) is 7.35. The van der Waals surface area contributed by atoms with Gasteiger partial charge in [0.05, 0.1) is 11.6 Å². The Balaban J connectivity index is 1.80. The van der Waals surface area contributed by atoms with Crippen LogP contribution in [0.5, 0.6) is 0 Å². The Kier molecular flexibility index (Phi) is 5.35. The molecule has 0 aromatic heterocycles. The number of anilines is 1. The molecular formula is C16H13FN2OS. The zero-order valence-corrected chi connectivity index (χ0v) is 12.0. The van der Waals surface area contributed by atoms with Crippen LogP contribution in [0.25, 0.3) is 0 Å². The van der Waals surface area contributed by atoms with Crippen LogP contribution >= 0.6 is 11.8 Å². The summed E-state index contributed by atoms with van der Waals surface area (Å²) < 4.78 is 13.4. The Morgan fingerprint density at radius 3 is 2.57 bits per heavy atom. The lowest BCUT2D eigenvalue weighted by molar-refractivity contribution is -0.115. The Bertz CT molecular complexity index is 665. The van der Waals surface area contributed by atoms with Gasteiger partial charge in [-0.05, 0) is 36.4 Å². The number of hydrogen-bond acceptors (Lipinski definition) is 3. The number of amides is 1. The summed E-state index contributed by atoms with van der Waals surface area (Å²) in [6.07, 6.45) is 0.291. The van der Waals surface area contributed by atoms with E-state index in [4.69, 9.17) is 5.26 Å². The highest BCUT2D eigenvalue weighted by molar-refractivity contribution is 7.99. The second kappa shape index (κ2) is 7.46. The highest BCUT2D eigenvalue weighted by Gasteiger charge is 2.05. The molecule has 3 nitrogen and oxygen atoms in total. The number of hydrogen-bond donors (Lipinski definition) is 1. The van der Waals surface area contributed by atoms with Crippen LogP contribution < -0.4 is 5.32 Å². The van der Waals surface area contributed by atoms with E-state index in [0.717, 1.165) is 0 Å². The summed E-state index contributed by atoms with van der Waals surface area (Å²) in [5.41, 5.74) is 1.19. The summed E-state index contributed by atoms with van der Waals surface area (Å²) in [4.78, 5) is 12.3. The molecule has 2 rings (SSSR count). The smallest absolute Gasteiger partial charge is 0.225 e. The summed E-state index contributed by atoms with van der Waals surface area (Å²) in [5, 5.41) is 11.4. The summed E-state index contributed by atoms with van der Waals surface area (Å²) in [5.74, 6) is 0.0989. The lowest BCUT2D eigenvalue weighted by Crippen LogP contribution is -2.12. The summed E-state index contributed by atoms with van der Waals surface area (Å²) in [6.45, 7) is 0. The number of halogens is 1. The minimum absolute atomic E-state index is 0.136. The number of nitrogens with one attached hydrogen (secondary N) is 1. The molecule has 0 saturated carbocycles. The fourth-order valence-corrected chi connectivity index (χ4v) is 2.56. The molecule has 0 radical (unpaired) electrons. The molecule has 0 spiro atoms. The van der Waals surface area contributed by atoms with Gasteiger partial charge in [0.2, 0.25) is 5.91 Å². The van der Waals surface area contributed by atoms with Crippen molar-refractivity contribution < 1.29 is 9.18 Å². The number of thioether (sulfide) groups is 1. The summed E-state index contributed by atoms with van der Waals surface area (Å²) >= 11 is 1.31. The first kappa shape index (κ1) is 15.1. The zero-order valence-electron chi connectivity index (χ0n) is 11.2. The van der Waals surface area contributed by atoms with Crippen molar-refractivity contribution in [2.24, 2.45) is 0 Å². The van der Waals surface area contributed by atoms with E-state index < -0.39 is 0 Å². The van der Waals surface area contributed by atoms with E-state index in [2.05, 4.69) is 5.32 Å². The standard InChI is InChI=1S/C16H13FN2OS/c17-14-3-1-2-4-15(14)21-10-9-16(20)19-13-7-5-12(11-18)6-8-13/h1-8H,9-10H2,(H,19,20). The van der Waals surface area contributed by atoms with Crippen molar-refractivity contribution in [2.75, 3.05) is 11.1 Å². The largest absolute Gasteiger partial charge is 0.326 e. The Morgan fingerprint density at radius 1 is 1.19 bits per heavy atom. The third kappa shape index (κ3) is 4.62. The number of carbonyl (C=O) groups is 1. The van der Waals surface area contributed by atoms with Crippen LogP contribution in [0.15, 0.2) is 53.4 Å². The number of nitrogens with zero attached hydrogens (tertiary/aromatic N) is 1. The van der Waals surface area contributed by atoms with Gasteiger partial charge in [-0.1, -0.05) is 12.1 Å². The van der Waals surface area contributed by atoms with Gasteiger partial charge in [-0.2, -0.15) is 5.26 Å². The Morgan fingerprint density at radius 2 is 1.90 bits per heavy atom. The summed E-state index contributed by atoms with van der Waals surface area (Å²) in [6, 6.07) is 15.2. The number of carbonyl (C=O) groups excluding carboxylic acids is 1. The van der Waals surface area contributed by atoms with E-state index >= 15 is 0 Å². The monoisotopic (exact) mass is 300 g/mol. The van der Waals surface area contributed by atoms with Crippen LogP contribution in [0.3, 0.4) is 0 Å². The Hall–Kier alpha value is -2.32. The van der Waals surface area contributed by atoms with Crippen molar-refractivity contribution in [2.45, 2.75) is 11.3 Å². The van der Waals surface area contributed by atoms with E-state index in [1.807, 2.05) is 6.07 Å². The van der Waals surface area contributed by atoms with Crippen molar-refractivity contribution in [3.63, 3.8) is 0 Å². The van der Waals surface area contributed by atoms with E-state index in [0.29, 0.717) is 28.3 Å². The molecule has 0 heterocycles. The summed E-state index contributed by atoms with van der Waals surface area (Å²) in [7, 11) is 0. The van der Waals surface area contributed by atoms with Gasteiger partial charge in [-0.3, -0.25) is 4.79 Å². The van der Waals surface area contributed by atoms with Crippen LogP contribution in [-0.2, 0) is 4.79 Å². The molecule has 1 N–H and O–H groups in total. The van der Waals surface area contributed by atoms with Crippen molar-refractivity contribution in [1.29, 1.82) is 5.26 Å². The van der Waals surface area contributed by atoms with Crippen molar-refractivity contribution in [3.8, 4) is 6.07 Å². The van der Waals surface area contributed by atoms with E-state index in [-0.39, 0.29) is 11.7 Å². The molecule has 0 unspecified atom stereocenters. The van der Waals surface area contributed by atoms with Crippen molar-refractivity contribution >= 4 is 23.4 Å². The van der Waals surface area contributed by atoms with Gasteiger partial charge in [0.15, 0.2) is 0 Å². The highest BCUT2D eigenvalue weighted by Crippen LogP contribution is 2.22. The van der Waals surface area contributed by atoms with Gasteiger partial charge in [-0.15, -0.1) is 11.8 Å². The lowest BCUT2D eigenvalue weighted by Gasteiger charge is -2.05. The average molecular weight is 300 g/mol. The van der Waals surface area contributed by atoms with Crippen LogP contribution in [-0.4, -0.2) is 11.7 Å². The number of rotatable bonds is 5. The second-order valence-corrected chi connectivity index (χ2v) is 5.40. The molecule has 0 bridgehead atoms. The molecule has 0 saturated heterocycles. The van der Waals surface area contributed by atoms with E-state index in [1.54, 1.807) is 42.5 Å². The van der Waals surface area contributed by atoms with Crippen molar-refractivity contribution in [1.82, 2.24) is 0 Å². The van der Waals surface area contributed by atoms with E-state index in [1.165, 1.54) is 17.8 Å². The molecule has 1 amide bonds. The van der Waals surface area contributed by atoms with E-state index in [9.17, 15) is 9.18 Å². The first-order chi connectivity index (χ1) is 10.2. The third-order valence-electron chi connectivity index (χ3n) is 2.72. The van der Waals surface area contributed by atoms with Crippen LogP contribution in [0.2, 0.25) is 0 Å². The molecule has 0 aliphatic rings. The fraction of sp³-hybridized carbons (Fsp3) is 0.125. The fourth-order valence-electron chi connectivity index (χ4n) is 1.67. The average Bonchev–Trinajstić information content (AvgIpc) is 2.50. The molecule has 0 fully saturated rings. The van der Waals surface area contributed by atoms with Crippen LogP contribution in [0.4, 0.5) is 10.1 Å². The Labute approximate surface area is 126 Å². The maximum Gasteiger partial charge on any atom is 0.225 e. The molecule has 2 aromatic rings. The molecule has 106 valence electrons. The minimum atomic E-state index is -0.269. The predicted octanol–water partition coefficient (Wildman–Crippen LogP) is 3.82. The van der Waals surface area contributed by atoms with Gasteiger partial charge in [-0.25, -0.2) is 4.39 Å². The van der Waals surface area contributed by atoms with Gasteiger partial charge in [0, 0.05) is 22.8 Å². The highest BCUT2D eigenvalue weighted by atomic mass is 32.2. The molecule has 0 atom stereocenters. The quantitative estimate of drug-likeness (QED) is 0.854. The maximum atomic E-state index is 13.4. The molecule has 5 heteroatoms. The molecule has 21 heavy (non-hydrogen) atoms. The normalized spacial score (nSPS) is 9.90. The van der Waals surface area contributed by atoms with Gasteiger partial charge >= 0.3 is 0 Å². The first-order valence-electron chi connectivity index (χ1n) is 6.36. The zero-order chi connectivity index (χ0) is 15.1. The maximum absolute atomic E-state index is 13.4. The lowest BCUT2D eigenvalue weighted by atomic mass is 10.2. The molecule has 2 aromatic carbocycles. The number of benzene rings is 2.